The molecule has 4 rings (SSSR count). The van der Waals surface area contributed by atoms with Gasteiger partial charge in [0.1, 0.15) is 5.01 Å². The molecule has 1 N–H and O–H groups in total. The van der Waals surface area contributed by atoms with E-state index in [1.54, 1.807) is 24.4 Å². The van der Waals surface area contributed by atoms with Crippen LogP contribution in [0.1, 0.15) is 36.1 Å². The van der Waals surface area contributed by atoms with Crippen LogP contribution >= 0.6 is 34.5 Å². The van der Waals surface area contributed by atoms with Gasteiger partial charge >= 0.3 is 0 Å². The van der Waals surface area contributed by atoms with Crippen molar-refractivity contribution in [3.05, 3.63) is 45.3 Å². The lowest BCUT2D eigenvalue weighted by atomic mass is 10.2. The van der Waals surface area contributed by atoms with E-state index in [4.69, 9.17) is 27.6 Å². The summed E-state index contributed by atoms with van der Waals surface area (Å²) >= 11 is 13.5. The number of aryl methyl sites for hydroxylation is 1. The van der Waals surface area contributed by atoms with E-state index in [1.165, 1.54) is 11.3 Å². The molecule has 2 aromatic heterocycles. The highest BCUT2D eigenvalue weighted by molar-refractivity contribution is 7.15. The molecule has 1 aromatic carbocycles. The fourth-order valence-electron chi connectivity index (χ4n) is 2.42. The fraction of sp³-hybridized carbons (Fsp3) is 0.294. The first-order valence-electron chi connectivity index (χ1n) is 8.12. The van der Waals surface area contributed by atoms with Crippen molar-refractivity contribution >= 4 is 45.6 Å². The van der Waals surface area contributed by atoms with Crippen molar-refractivity contribution in [1.29, 1.82) is 0 Å². The third kappa shape index (κ3) is 4.06. The van der Waals surface area contributed by atoms with Gasteiger partial charge in [-0.3, -0.25) is 4.79 Å². The molecule has 3 aromatic rings. The van der Waals surface area contributed by atoms with Crippen molar-refractivity contribution in [2.24, 2.45) is 0 Å². The Kier molecular flexibility index (Phi) is 4.93. The smallest absolute Gasteiger partial charge is 0.226 e. The van der Waals surface area contributed by atoms with Crippen LogP contribution in [0.5, 0.6) is 0 Å². The number of carbonyl (C=O) groups is 1. The molecule has 0 aliphatic heterocycles. The number of carbonyl (C=O) groups excluding carboxylic acids is 1. The highest BCUT2D eigenvalue weighted by Gasteiger charge is 2.27. The zero-order valence-electron chi connectivity index (χ0n) is 13.5. The topological polar surface area (TPSA) is 80.9 Å². The number of hydrogen-bond acceptors (Lipinski definition) is 6. The molecule has 1 aliphatic rings. The van der Waals surface area contributed by atoms with E-state index in [0.29, 0.717) is 44.7 Å². The molecule has 6 nitrogen and oxygen atoms in total. The van der Waals surface area contributed by atoms with Crippen LogP contribution in [0.2, 0.25) is 10.0 Å². The van der Waals surface area contributed by atoms with Gasteiger partial charge in [0.25, 0.3) is 0 Å². The van der Waals surface area contributed by atoms with Crippen molar-refractivity contribution in [2.45, 2.75) is 31.6 Å². The molecule has 1 aliphatic carbocycles. The van der Waals surface area contributed by atoms with Gasteiger partial charge in [0, 0.05) is 29.3 Å². The summed E-state index contributed by atoms with van der Waals surface area (Å²) in [5.74, 6) is 1.40. The first-order chi connectivity index (χ1) is 12.6. The van der Waals surface area contributed by atoms with Gasteiger partial charge in [-0.15, -0.1) is 10.2 Å². The van der Waals surface area contributed by atoms with Crippen molar-refractivity contribution < 1.29 is 9.21 Å². The Morgan fingerprint density at radius 2 is 2.15 bits per heavy atom. The van der Waals surface area contributed by atoms with Gasteiger partial charge in [0.15, 0.2) is 11.7 Å². The Bertz CT molecular complexity index is 952. The third-order valence-electron chi connectivity index (χ3n) is 3.93. The molecule has 26 heavy (non-hydrogen) atoms. The number of halogens is 2. The normalized spacial score (nSPS) is 13.8. The van der Waals surface area contributed by atoms with Crippen LogP contribution in [0.25, 0.3) is 11.3 Å². The maximum absolute atomic E-state index is 12.1. The molecule has 2 heterocycles. The Morgan fingerprint density at radius 1 is 1.31 bits per heavy atom. The van der Waals surface area contributed by atoms with Crippen LogP contribution < -0.4 is 5.32 Å². The second-order valence-corrected chi connectivity index (χ2v) is 7.86. The molecule has 1 fully saturated rings. The van der Waals surface area contributed by atoms with Crippen LogP contribution in [0.15, 0.2) is 28.8 Å². The van der Waals surface area contributed by atoms with Crippen molar-refractivity contribution in [3.63, 3.8) is 0 Å². The fourth-order valence-corrected chi connectivity index (χ4v) is 3.85. The second-order valence-electron chi connectivity index (χ2n) is 6.01. The zero-order chi connectivity index (χ0) is 18.1. The minimum atomic E-state index is -0.146. The molecule has 9 heteroatoms. The summed E-state index contributed by atoms with van der Waals surface area (Å²) in [5, 5.41) is 13.5. The molecule has 1 amide bonds. The molecular formula is C17H14Cl2N4O2S. The second kappa shape index (κ2) is 7.34. The van der Waals surface area contributed by atoms with E-state index in [0.717, 1.165) is 17.8 Å². The van der Waals surface area contributed by atoms with E-state index >= 15 is 0 Å². The molecular weight excluding hydrogens is 395 g/mol. The summed E-state index contributed by atoms with van der Waals surface area (Å²) in [4.78, 5) is 16.3. The monoisotopic (exact) mass is 408 g/mol. The molecule has 0 saturated heterocycles. The highest BCUT2D eigenvalue weighted by atomic mass is 35.5. The number of hydrogen-bond donors (Lipinski definition) is 1. The zero-order valence-corrected chi connectivity index (χ0v) is 15.9. The number of rotatable bonds is 6. The lowest BCUT2D eigenvalue weighted by molar-refractivity contribution is -0.116. The van der Waals surface area contributed by atoms with Crippen LogP contribution in [0.3, 0.4) is 0 Å². The maximum Gasteiger partial charge on any atom is 0.226 e. The number of nitrogens with one attached hydrogen (secondary N) is 1. The summed E-state index contributed by atoms with van der Waals surface area (Å²) in [6.07, 6.45) is 4.53. The van der Waals surface area contributed by atoms with Crippen molar-refractivity contribution in [3.8, 4) is 11.3 Å². The number of nitrogens with zero attached hydrogens (tertiary/aromatic N) is 3. The lowest BCUT2D eigenvalue weighted by Gasteiger charge is -2.01. The predicted molar refractivity (Wildman–Crippen MR) is 101 cm³/mol. The Labute approximate surface area is 163 Å². The number of amides is 1. The van der Waals surface area contributed by atoms with E-state index in [1.807, 2.05) is 0 Å². The minimum Gasteiger partial charge on any atom is -0.441 e. The van der Waals surface area contributed by atoms with E-state index in [-0.39, 0.29) is 12.3 Å². The SMILES string of the molecule is O=C(CCc1ncc(-c2ccc(Cl)cc2Cl)o1)Nc1nnc(C2CC2)s1. The molecule has 0 atom stereocenters. The molecule has 0 unspecified atom stereocenters. The number of anilines is 1. The molecule has 1 saturated carbocycles. The van der Waals surface area contributed by atoms with Crippen LogP contribution in [0.4, 0.5) is 5.13 Å². The van der Waals surface area contributed by atoms with Crippen molar-refractivity contribution in [1.82, 2.24) is 15.2 Å². The van der Waals surface area contributed by atoms with Gasteiger partial charge in [0.05, 0.1) is 11.2 Å². The van der Waals surface area contributed by atoms with Crippen LogP contribution in [-0.2, 0) is 11.2 Å². The van der Waals surface area contributed by atoms with E-state index < -0.39 is 0 Å². The minimum absolute atomic E-state index is 0.146. The average molecular weight is 409 g/mol. The van der Waals surface area contributed by atoms with Gasteiger partial charge < -0.3 is 9.73 Å². The summed E-state index contributed by atoms with van der Waals surface area (Å²) in [6.45, 7) is 0. The maximum atomic E-state index is 12.1. The van der Waals surface area contributed by atoms with Crippen LogP contribution in [0, 0.1) is 0 Å². The molecule has 0 bridgehead atoms. The van der Waals surface area contributed by atoms with E-state index in [9.17, 15) is 4.79 Å². The Balaban J connectivity index is 1.34. The summed E-state index contributed by atoms with van der Waals surface area (Å²) < 4.78 is 5.69. The average Bonchev–Trinajstić information content (AvgIpc) is 3.17. The quantitative estimate of drug-likeness (QED) is 0.623. The largest absolute Gasteiger partial charge is 0.441 e. The summed E-state index contributed by atoms with van der Waals surface area (Å²) in [6, 6.07) is 5.15. The highest BCUT2D eigenvalue weighted by Crippen LogP contribution is 2.42. The molecule has 0 radical (unpaired) electrons. The van der Waals surface area contributed by atoms with Gasteiger partial charge in [-0.2, -0.15) is 0 Å². The molecule has 134 valence electrons. The predicted octanol–water partition coefficient (Wildman–Crippen LogP) is 4.95. The van der Waals surface area contributed by atoms with E-state index in [2.05, 4.69) is 20.5 Å². The third-order valence-corrected chi connectivity index (χ3v) is 5.48. The summed E-state index contributed by atoms with van der Waals surface area (Å²) in [7, 11) is 0. The molecule has 0 spiro atoms. The van der Waals surface area contributed by atoms with Gasteiger partial charge in [0.2, 0.25) is 11.0 Å². The lowest BCUT2D eigenvalue weighted by Crippen LogP contribution is -2.12. The van der Waals surface area contributed by atoms with Gasteiger partial charge in [-0.1, -0.05) is 34.5 Å². The first kappa shape index (κ1) is 17.5. The summed E-state index contributed by atoms with van der Waals surface area (Å²) in [5.41, 5.74) is 0.709. The van der Waals surface area contributed by atoms with Gasteiger partial charge in [-0.05, 0) is 31.0 Å². The van der Waals surface area contributed by atoms with Crippen molar-refractivity contribution in [2.75, 3.05) is 5.32 Å². The van der Waals surface area contributed by atoms with Gasteiger partial charge in [-0.25, -0.2) is 4.98 Å². The number of benzene rings is 1. The number of aromatic nitrogens is 3. The Hall–Kier alpha value is -1.96. The standard InChI is InChI=1S/C17H14Cl2N4O2S/c18-10-3-4-11(12(19)7-10)13-8-20-15(25-13)6-5-14(24)21-17-23-22-16(26-17)9-1-2-9/h3-4,7-9H,1-2,5-6H2,(H,21,23,24). The number of oxazole rings is 1. The van der Waals surface area contributed by atoms with Crippen LogP contribution in [-0.4, -0.2) is 21.1 Å². The Morgan fingerprint density at radius 3 is 2.92 bits per heavy atom. The first-order valence-corrected chi connectivity index (χ1v) is 9.69.